The van der Waals surface area contributed by atoms with E-state index in [0.717, 1.165) is 48.5 Å². The number of carbonyl (C=O) groups is 1. The van der Waals surface area contributed by atoms with E-state index in [2.05, 4.69) is 35.5 Å². The van der Waals surface area contributed by atoms with E-state index < -0.39 is 6.10 Å². The molecule has 5 rings (SSSR count). The number of pyridine rings is 2. The normalized spacial score (nSPS) is 17.5. The minimum absolute atomic E-state index is 0.0363. The van der Waals surface area contributed by atoms with Crippen LogP contribution >= 0.6 is 0 Å². The molecule has 2 fully saturated rings. The summed E-state index contributed by atoms with van der Waals surface area (Å²) in [6.45, 7) is 5.28. The number of nitrogens with one attached hydrogen (secondary N) is 2. The summed E-state index contributed by atoms with van der Waals surface area (Å²) in [6, 6.07) is 5.50. The van der Waals surface area contributed by atoms with Crippen molar-refractivity contribution in [1.82, 2.24) is 25.3 Å². The van der Waals surface area contributed by atoms with Crippen molar-refractivity contribution < 1.29 is 9.90 Å². The predicted molar refractivity (Wildman–Crippen MR) is 118 cm³/mol. The SMILES string of the molecule is C[C@@H](O)c1cc2cnc(Nc3ccc(N4CCNCC4=O)cn3)nc2c(N2CCC2)n1. The van der Waals surface area contributed by atoms with Gasteiger partial charge in [0.05, 0.1) is 30.2 Å². The van der Waals surface area contributed by atoms with Gasteiger partial charge in [0.1, 0.15) is 11.3 Å². The smallest absolute Gasteiger partial charge is 0.241 e. The molecule has 0 radical (unpaired) electrons. The Hall–Kier alpha value is -3.37. The number of hydrogen-bond acceptors (Lipinski definition) is 9. The van der Waals surface area contributed by atoms with Crippen molar-refractivity contribution in [2.45, 2.75) is 19.4 Å². The van der Waals surface area contributed by atoms with E-state index >= 15 is 0 Å². The molecule has 0 aromatic carbocycles. The molecule has 2 aliphatic heterocycles. The van der Waals surface area contributed by atoms with Gasteiger partial charge in [0, 0.05) is 37.8 Å². The van der Waals surface area contributed by atoms with E-state index in [1.807, 2.05) is 18.2 Å². The van der Waals surface area contributed by atoms with Gasteiger partial charge in [-0.3, -0.25) is 4.79 Å². The molecule has 160 valence electrons. The van der Waals surface area contributed by atoms with Crippen LogP contribution in [0.25, 0.3) is 10.9 Å². The van der Waals surface area contributed by atoms with Crippen LogP contribution in [-0.2, 0) is 4.79 Å². The van der Waals surface area contributed by atoms with Gasteiger partial charge in [0.25, 0.3) is 0 Å². The number of aromatic nitrogens is 4. The molecule has 10 heteroatoms. The van der Waals surface area contributed by atoms with Crippen molar-refractivity contribution in [3.8, 4) is 0 Å². The van der Waals surface area contributed by atoms with Crippen molar-refractivity contribution >= 4 is 40.1 Å². The average molecular weight is 420 g/mol. The molecule has 0 spiro atoms. The molecule has 31 heavy (non-hydrogen) atoms. The van der Waals surface area contributed by atoms with Gasteiger partial charge in [-0.25, -0.2) is 19.9 Å². The van der Waals surface area contributed by atoms with Crippen molar-refractivity contribution in [1.29, 1.82) is 0 Å². The Morgan fingerprint density at radius 2 is 2.03 bits per heavy atom. The predicted octanol–water partition coefficient (Wildman–Crippen LogP) is 1.36. The highest BCUT2D eigenvalue weighted by Gasteiger charge is 2.22. The van der Waals surface area contributed by atoms with Gasteiger partial charge >= 0.3 is 0 Å². The lowest BCUT2D eigenvalue weighted by atomic mass is 10.1. The van der Waals surface area contributed by atoms with E-state index in [0.29, 0.717) is 30.5 Å². The van der Waals surface area contributed by atoms with Gasteiger partial charge in [0.2, 0.25) is 11.9 Å². The Kier molecular flexibility index (Phi) is 5.08. The minimum atomic E-state index is -0.660. The van der Waals surface area contributed by atoms with Gasteiger partial charge in [-0.1, -0.05) is 0 Å². The van der Waals surface area contributed by atoms with Gasteiger partial charge in [-0.05, 0) is 31.5 Å². The maximum Gasteiger partial charge on any atom is 0.241 e. The fraction of sp³-hybridized carbons (Fsp3) is 0.381. The first-order chi connectivity index (χ1) is 15.1. The minimum Gasteiger partial charge on any atom is -0.387 e. The number of rotatable bonds is 5. The van der Waals surface area contributed by atoms with Crippen molar-refractivity contribution in [2.75, 3.05) is 47.8 Å². The van der Waals surface area contributed by atoms with Gasteiger partial charge in [-0.2, -0.15) is 0 Å². The third kappa shape index (κ3) is 3.87. The first kappa shape index (κ1) is 19.6. The molecule has 1 atom stereocenters. The van der Waals surface area contributed by atoms with E-state index in [4.69, 9.17) is 0 Å². The maximum absolute atomic E-state index is 12.1. The van der Waals surface area contributed by atoms with E-state index in [-0.39, 0.29) is 5.91 Å². The number of aliphatic hydroxyl groups is 1. The van der Waals surface area contributed by atoms with Crippen LogP contribution in [0, 0.1) is 0 Å². The first-order valence-corrected chi connectivity index (χ1v) is 10.4. The molecule has 5 heterocycles. The number of nitrogens with zero attached hydrogens (tertiary/aromatic N) is 6. The molecule has 3 aromatic rings. The van der Waals surface area contributed by atoms with Crippen LogP contribution in [0.5, 0.6) is 0 Å². The highest BCUT2D eigenvalue weighted by atomic mass is 16.3. The lowest BCUT2D eigenvalue weighted by molar-refractivity contribution is -0.118. The number of anilines is 4. The van der Waals surface area contributed by atoms with Crippen LogP contribution in [0.2, 0.25) is 0 Å². The van der Waals surface area contributed by atoms with E-state index in [1.165, 1.54) is 0 Å². The van der Waals surface area contributed by atoms with E-state index in [9.17, 15) is 9.90 Å². The van der Waals surface area contributed by atoms with Crippen LogP contribution in [0.4, 0.5) is 23.3 Å². The monoisotopic (exact) mass is 420 g/mol. The molecule has 10 nitrogen and oxygen atoms in total. The first-order valence-electron chi connectivity index (χ1n) is 10.4. The summed E-state index contributed by atoms with van der Waals surface area (Å²) in [7, 11) is 0. The lowest BCUT2D eigenvalue weighted by Crippen LogP contribution is -2.48. The molecular formula is C21H24N8O2. The van der Waals surface area contributed by atoms with Crippen LogP contribution in [0.1, 0.15) is 25.1 Å². The lowest BCUT2D eigenvalue weighted by Gasteiger charge is -2.33. The van der Waals surface area contributed by atoms with E-state index in [1.54, 1.807) is 24.2 Å². The van der Waals surface area contributed by atoms with Gasteiger partial charge in [0.15, 0.2) is 5.82 Å². The summed E-state index contributed by atoms with van der Waals surface area (Å²) in [5.41, 5.74) is 2.12. The molecule has 0 saturated carbocycles. The number of amides is 1. The summed E-state index contributed by atoms with van der Waals surface area (Å²) >= 11 is 0. The summed E-state index contributed by atoms with van der Waals surface area (Å²) in [5, 5.41) is 17.0. The van der Waals surface area contributed by atoms with Crippen molar-refractivity contribution in [3.63, 3.8) is 0 Å². The molecule has 3 N–H and O–H groups in total. The fourth-order valence-electron chi connectivity index (χ4n) is 3.68. The molecule has 3 aromatic heterocycles. The number of carbonyl (C=O) groups excluding carboxylic acids is 1. The summed E-state index contributed by atoms with van der Waals surface area (Å²) in [5.74, 6) is 1.81. The molecule has 0 bridgehead atoms. The average Bonchev–Trinajstić information content (AvgIpc) is 2.73. The van der Waals surface area contributed by atoms with Crippen molar-refractivity contribution in [3.05, 3.63) is 36.3 Å². The highest BCUT2D eigenvalue weighted by molar-refractivity contribution is 5.95. The highest BCUT2D eigenvalue weighted by Crippen LogP contribution is 2.30. The molecule has 0 aliphatic carbocycles. The van der Waals surface area contributed by atoms with Crippen LogP contribution in [0.3, 0.4) is 0 Å². The Morgan fingerprint density at radius 1 is 1.16 bits per heavy atom. The molecule has 2 saturated heterocycles. The third-order valence-electron chi connectivity index (χ3n) is 5.54. The second-order valence-corrected chi connectivity index (χ2v) is 7.77. The summed E-state index contributed by atoms with van der Waals surface area (Å²) < 4.78 is 0. The second kappa shape index (κ2) is 8.05. The zero-order valence-corrected chi connectivity index (χ0v) is 17.2. The van der Waals surface area contributed by atoms with Gasteiger partial charge < -0.3 is 25.5 Å². The van der Waals surface area contributed by atoms with Crippen LogP contribution < -0.4 is 20.4 Å². The van der Waals surface area contributed by atoms with Crippen LogP contribution in [0.15, 0.2) is 30.6 Å². The molecule has 0 unspecified atom stereocenters. The van der Waals surface area contributed by atoms with Gasteiger partial charge in [-0.15, -0.1) is 0 Å². The summed E-state index contributed by atoms with van der Waals surface area (Å²) in [6.07, 6.45) is 3.86. The van der Waals surface area contributed by atoms with Crippen LogP contribution in [-0.4, -0.2) is 63.7 Å². The van der Waals surface area contributed by atoms with Crippen molar-refractivity contribution in [2.24, 2.45) is 0 Å². The quantitative estimate of drug-likeness (QED) is 0.562. The zero-order chi connectivity index (χ0) is 21.4. The Bertz CT molecular complexity index is 1110. The Balaban J connectivity index is 1.41. The third-order valence-corrected chi connectivity index (χ3v) is 5.54. The maximum atomic E-state index is 12.1. The second-order valence-electron chi connectivity index (χ2n) is 7.77. The molecule has 2 aliphatic rings. The fourth-order valence-corrected chi connectivity index (χ4v) is 3.68. The number of piperazine rings is 1. The molecular weight excluding hydrogens is 396 g/mol. The largest absolute Gasteiger partial charge is 0.387 e. The number of aliphatic hydroxyl groups excluding tert-OH is 1. The topological polar surface area (TPSA) is 119 Å². The summed E-state index contributed by atoms with van der Waals surface area (Å²) in [4.78, 5) is 34.1. The number of fused-ring (bicyclic) bond motifs is 1. The Morgan fingerprint density at radius 3 is 2.71 bits per heavy atom. The number of hydrogen-bond donors (Lipinski definition) is 3. The molecule has 1 amide bonds. The zero-order valence-electron chi connectivity index (χ0n) is 17.2. The standard InChI is InChI=1S/C21H24N8O2/c1-13(30)16-9-14-10-24-21(27-19(14)20(25-16)28-6-2-7-28)26-17-4-3-15(11-23-17)29-8-5-22-12-18(29)31/h3-4,9-11,13,22,30H,2,5-8,12H2,1H3,(H,23,24,26,27)/t13-/m1/s1. The Labute approximate surface area is 179 Å².